The van der Waals surface area contributed by atoms with Crippen molar-refractivity contribution >= 4 is 38.3 Å². The van der Waals surface area contributed by atoms with Gasteiger partial charge in [-0.15, -0.1) is 0 Å². The summed E-state index contributed by atoms with van der Waals surface area (Å²) in [6.45, 7) is 1.50. The topological polar surface area (TPSA) is 96.0 Å². The summed E-state index contributed by atoms with van der Waals surface area (Å²) < 4.78 is 55.6. The number of hydrogen-bond donors (Lipinski definition) is 1. The highest BCUT2D eigenvalue weighted by Crippen LogP contribution is 2.43. The van der Waals surface area contributed by atoms with Crippen LogP contribution in [0.1, 0.15) is 0 Å². The zero-order valence-electron chi connectivity index (χ0n) is 14.7. The molecule has 148 valence electrons. The molecule has 4 rings (SSSR count). The summed E-state index contributed by atoms with van der Waals surface area (Å²) in [6.07, 6.45) is -0.247. The number of ether oxygens (including phenoxy) is 1. The van der Waals surface area contributed by atoms with Gasteiger partial charge < -0.3 is 9.64 Å². The molecule has 0 radical (unpaired) electrons. The van der Waals surface area contributed by atoms with Gasteiger partial charge in [0.1, 0.15) is 11.9 Å². The fourth-order valence-electron chi connectivity index (χ4n) is 3.76. The fourth-order valence-corrected chi connectivity index (χ4v) is 5.90. The molecule has 8 nitrogen and oxygen atoms in total. The minimum Gasteiger partial charge on any atom is -0.443 e. The summed E-state index contributed by atoms with van der Waals surface area (Å²) in [4.78, 5) is 15.2. The summed E-state index contributed by atoms with van der Waals surface area (Å²) in [5.41, 5.74) is 0.905. The lowest BCUT2D eigenvalue weighted by Crippen LogP contribution is -2.67. The Kier molecular flexibility index (Phi) is 4.43. The molecular weight excluding hydrogens is 397 g/mol. The molecule has 3 saturated heterocycles. The molecule has 11 heteroatoms. The third-order valence-corrected chi connectivity index (χ3v) is 7.58. The van der Waals surface area contributed by atoms with Gasteiger partial charge in [-0.2, -0.15) is 0 Å². The lowest BCUT2D eigenvalue weighted by molar-refractivity contribution is 0.143. The minimum atomic E-state index is -3.38. The highest BCUT2D eigenvalue weighted by molar-refractivity contribution is 7.88. The molecule has 27 heavy (non-hydrogen) atoms. The van der Waals surface area contributed by atoms with Crippen molar-refractivity contribution in [3.05, 3.63) is 24.0 Å². The van der Waals surface area contributed by atoms with Crippen LogP contribution in [0.4, 0.5) is 20.6 Å². The van der Waals surface area contributed by atoms with E-state index >= 15 is 0 Å². The van der Waals surface area contributed by atoms with Gasteiger partial charge in [-0.05, 0) is 18.2 Å². The van der Waals surface area contributed by atoms with Gasteiger partial charge in [-0.1, -0.05) is 0 Å². The van der Waals surface area contributed by atoms with Crippen molar-refractivity contribution in [2.45, 2.75) is 6.10 Å². The number of sulfonamides is 1. The van der Waals surface area contributed by atoms with Crippen LogP contribution in [0.25, 0.3) is 0 Å². The quantitative estimate of drug-likeness (QED) is 0.739. The standard InChI is InChI=1S/C16H20FN3O5S2/c1-27(23,24)18-5-12-6-20(15(21)25-12)11-2-3-14(13(17)4-11)19-7-16(8-19)9-26(22)10-16/h2-4,12,18H,5-10H2,1H3. The summed E-state index contributed by atoms with van der Waals surface area (Å²) in [7, 11) is -4.11. The first-order valence-electron chi connectivity index (χ1n) is 8.46. The van der Waals surface area contributed by atoms with Gasteiger partial charge in [0, 0.05) is 47.4 Å². The first kappa shape index (κ1) is 18.6. The second kappa shape index (κ2) is 6.42. The van der Waals surface area contributed by atoms with Gasteiger partial charge in [-0.3, -0.25) is 9.11 Å². The molecule has 0 bridgehead atoms. The van der Waals surface area contributed by atoms with Gasteiger partial charge >= 0.3 is 6.09 Å². The largest absolute Gasteiger partial charge is 0.443 e. The number of carbonyl (C=O) groups excluding carboxylic acids is 1. The van der Waals surface area contributed by atoms with Crippen molar-refractivity contribution in [2.24, 2.45) is 5.41 Å². The van der Waals surface area contributed by atoms with Crippen LogP contribution < -0.4 is 14.5 Å². The fraction of sp³-hybridized carbons (Fsp3) is 0.562. The van der Waals surface area contributed by atoms with Crippen LogP contribution in [0.5, 0.6) is 0 Å². The van der Waals surface area contributed by atoms with Crippen molar-refractivity contribution in [3.63, 3.8) is 0 Å². The van der Waals surface area contributed by atoms with Crippen LogP contribution in [-0.4, -0.2) is 68.8 Å². The predicted molar refractivity (Wildman–Crippen MR) is 99.4 cm³/mol. The maximum atomic E-state index is 14.6. The Morgan fingerprint density at radius 2 is 2.07 bits per heavy atom. The summed E-state index contributed by atoms with van der Waals surface area (Å²) in [5.74, 6) is 0.936. The van der Waals surface area contributed by atoms with Crippen LogP contribution in [0.3, 0.4) is 0 Å². The molecular formula is C16H20FN3O5S2. The lowest BCUT2D eigenvalue weighted by Gasteiger charge is -2.55. The number of carbonyl (C=O) groups is 1. The van der Waals surface area contributed by atoms with Gasteiger partial charge in [0.25, 0.3) is 0 Å². The number of hydrogen-bond acceptors (Lipinski definition) is 6. The number of halogens is 1. The normalized spacial score (nSPS) is 24.7. The van der Waals surface area contributed by atoms with Gasteiger partial charge in [-0.25, -0.2) is 22.3 Å². The zero-order valence-corrected chi connectivity index (χ0v) is 16.3. The molecule has 1 spiro atoms. The second-order valence-electron chi connectivity index (χ2n) is 7.46. The van der Waals surface area contributed by atoms with Crippen LogP contribution in [0.2, 0.25) is 0 Å². The number of cyclic esters (lactones) is 1. The van der Waals surface area contributed by atoms with E-state index < -0.39 is 38.8 Å². The maximum Gasteiger partial charge on any atom is 0.414 e. The first-order valence-corrected chi connectivity index (χ1v) is 11.8. The molecule has 1 aromatic carbocycles. The molecule has 3 aliphatic heterocycles. The van der Waals surface area contributed by atoms with Crippen LogP contribution in [-0.2, 0) is 25.6 Å². The van der Waals surface area contributed by atoms with Crippen LogP contribution in [0.15, 0.2) is 18.2 Å². The average Bonchev–Trinajstić information content (AvgIpc) is 2.88. The molecule has 1 unspecified atom stereocenters. The number of anilines is 2. The van der Waals surface area contributed by atoms with E-state index in [9.17, 15) is 21.8 Å². The Morgan fingerprint density at radius 3 is 2.67 bits per heavy atom. The molecule has 3 heterocycles. The smallest absolute Gasteiger partial charge is 0.414 e. The molecule has 3 aliphatic rings. The molecule has 1 N–H and O–H groups in total. The predicted octanol–water partition coefficient (Wildman–Crippen LogP) is 0.269. The highest BCUT2D eigenvalue weighted by Gasteiger charge is 2.52. The van der Waals surface area contributed by atoms with Gasteiger partial charge in [0.15, 0.2) is 0 Å². The van der Waals surface area contributed by atoms with E-state index in [1.54, 1.807) is 12.1 Å². The van der Waals surface area contributed by atoms with Crippen molar-refractivity contribution in [2.75, 3.05) is 53.7 Å². The van der Waals surface area contributed by atoms with Crippen molar-refractivity contribution < 1.29 is 26.5 Å². The number of rotatable bonds is 5. The molecule has 1 atom stereocenters. The summed E-state index contributed by atoms with van der Waals surface area (Å²) in [6, 6.07) is 4.56. The Bertz CT molecular complexity index is 907. The van der Waals surface area contributed by atoms with Gasteiger partial charge in [0.2, 0.25) is 10.0 Å². The molecule has 0 saturated carbocycles. The van der Waals surface area contributed by atoms with E-state index in [1.165, 1.54) is 11.0 Å². The Hall–Kier alpha value is -1.72. The van der Waals surface area contributed by atoms with E-state index in [-0.39, 0.29) is 18.5 Å². The lowest BCUT2D eigenvalue weighted by atomic mass is 9.82. The van der Waals surface area contributed by atoms with E-state index in [0.717, 1.165) is 6.26 Å². The number of benzene rings is 1. The molecule has 0 aliphatic carbocycles. The monoisotopic (exact) mass is 417 g/mol. The number of nitrogens with zero attached hydrogens (tertiary/aromatic N) is 2. The number of amides is 1. The average molecular weight is 417 g/mol. The van der Waals surface area contributed by atoms with Crippen molar-refractivity contribution in [1.29, 1.82) is 0 Å². The summed E-state index contributed by atoms with van der Waals surface area (Å²) in [5, 5.41) is 0. The third kappa shape index (κ3) is 3.67. The zero-order chi connectivity index (χ0) is 19.4. The first-order chi connectivity index (χ1) is 12.6. The Morgan fingerprint density at radius 1 is 1.37 bits per heavy atom. The van der Waals surface area contributed by atoms with Crippen LogP contribution >= 0.6 is 0 Å². The van der Waals surface area contributed by atoms with E-state index in [4.69, 9.17) is 4.74 Å². The Balaban J connectivity index is 1.40. The number of nitrogens with one attached hydrogen (secondary N) is 1. The maximum absolute atomic E-state index is 14.6. The van der Waals surface area contributed by atoms with Gasteiger partial charge in [0.05, 0.1) is 24.2 Å². The van der Waals surface area contributed by atoms with E-state index in [1.807, 2.05) is 4.90 Å². The Labute approximate surface area is 159 Å². The SMILES string of the molecule is CS(=O)(=O)NCC1CN(c2ccc(N3CC4(C3)CS(=O)C4)c(F)c2)C(=O)O1. The highest BCUT2D eigenvalue weighted by atomic mass is 32.2. The van der Waals surface area contributed by atoms with E-state index in [0.29, 0.717) is 36.0 Å². The van der Waals surface area contributed by atoms with Crippen molar-refractivity contribution in [3.8, 4) is 0 Å². The van der Waals surface area contributed by atoms with Crippen molar-refractivity contribution in [1.82, 2.24) is 4.72 Å². The van der Waals surface area contributed by atoms with E-state index in [2.05, 4.69) is 4.72 Å². The molecule has 1 amide bonds. The minimum absolute atomic E-state index is 0.0289. The van der Waals surface area contributed by atoms with Crippen LogP contribution in [0, 0.1) is 11.2 Å². The molecule has 0 aromatic heterocycles. The third-order valence-electron chi connectivity index (χ3n) is 5.02. The second-order valence-corrected chi connectivity index (χ2v) is 10.7. The molecule has 1 aromatic rings. The summed E-state index contributed by atoms with van der Waals surface area (Å²) >= 11 is 0. The molecule has 3 fully saturated rings.